The number of aliphatic hydroxyl groups is 1. The van der Waals surface area contributed by atoms with Gasteiger partial charge in [-0.25, -0.2) is 8.78 Å². The van der Waals surface area contributed by atoms with E-state index in [4.69, 9.17) is 5.73 Å². The second-order valence-electron chi connectivity index (χ2n) is 4.16. The lowest BCUT2D eigenvalue weighted by molar-refractivity contribution is 0.0372. The van der Waals surface area contributed by atoms with Crippen LogP contribution in [-0.4, -0.2) is 22.7 Å². The summed E-state index contributed by atoms with van der Waals surface area (Å²) in [7, 11) is 0. The quantitative estimate of drug-likeness (QED) is 0.682. The van der Waals surface area contributed by atoms with Crippen molar-refractivity contribution in [2.24, 2.45) is 11.7 Å². The zero-order chi connectivity index (χ0) is 9.57. The molecule has 0 aromatic heterocycles. The number of hydrogen-bond acceptors (Lipinski definition) is 2. The van der Waals surface area contributed by atoms with Crippen molar-refractivity contribution in [3.63, 3.8) is 0 Å². The normalized spacial score (nSPS) is 30.0. The Labute approximate surface area is 70.8 Å². The van der Waals surface area contributed by atoms with Gasteiger partial charge >= 0.3 is 0 Å². The van der Waals surface area contributed by atoms with Crippen LogP contribution in [-0.2, 0) is 0 Å². The fraction of sp³-hybridized carbons (Fsp3) is 1.00. The van der Waals surface area contributed by atoms with Crippen molar-refractivity contribution in [1.82, 2.24) is 0 Å². The van der Waals surface area contributed by atoms with Crippen LogP contribution in [0.5, 0.6) is 0 Å². The van der Waals surface area contributed by atoms with E-state index in [0.717, 1.165) is 0 Å². The Balaban J connectivity index is 2.34. The summed E-state index contributed by atoms with van der Waals surface area (Å²) in [6.45, 7) is 3.08. The summed E-state index contributed by atoms with van der Waals surface area (Å²) in [4.78, 5) is 0. The first-order valence-corrected chi connectivity index (χ1v) is 4.09. The maximum absolute atomic E-state index is 12.4. The van der Waals surface area contributed by atoms with Crippen LogP contribution in [0.3, 0.4) is 0 Å². The topological polar surface area (TPSA) is 46.2 Å². The van der Waals surface area contributed by atoms with Crippen LogP contribution in [0.25, 0.3) is 0 Å². The third-order valence-corrected chi connectivity index (χ3v) is 2.40. The highest BCUT2D eigenvalue weighted by molar-refractivity contribution is 4.98. The van der Waals surface area contributed by atoms with Gasteiger partial charge in [0.05, 0.1) is 5.60 Å². The smallest absolute Gasteiger partial charge is 0.251 e. The van der Waals surface area contributed by atoms with E-state index in [0.29, 0.717) is 0 Å². The number of hydrogen-bond donors (Lipinski definition) is 2. The van der Waals surface area contributed by atoms with Crippen molar-refractivity contribution in [3.05, 3.63) is 0 Å². The summed E-state index contributed by atoms with van der Waals surface area (Å²) < 4.78 is 24.8. The van der Waals surface area contributed by atoms with Crippen LogP contribution in [0.1, 0.15) is 26.7 Å². The highest BCUT2D eigenvalue weighted by Crippen LogP contribution is 2.51. The molecule has 1 fully saturated rings. The first-order chi connectivity index (χ1) is 5.23. The molecule has 0 heterocycles. The van der Waals surface area contributed by atoms with Crippen molar-refractivity contribution in [2.75, 3.05) is 0 Å². The van der Waals surface area contributed by atoms with Gasteiger partial charge in [-0.1, -0.05) is 0 Å². The zero-order valence-electron chi connectivity index (χ0n) is 7.35. The molecule has 0 aromatic carbocycles. The Morgan fingerprint density at radius 3 is 2.33 bits per heavy atom. The first-order valence-electron chi connectivity index (χ1n) is 4.09. The lowest BCUT2D eigenvalue weighted by atomic mass is 9.95. The van der Waals surface area contributed by atoms with Crippen molar-refractivity contribution < 1.29 is 13.9 Å². The second kappa shape index (κ2) is 2.64. The van der Waals surface area contributed by atoms with Gasteiger partial charge in [0, 0.05) is 18.4 Å². The van der Waals surface area contributed by atoms with Crippen LogP contribution in [0.15, 0.2) is 0 Å². The Hall–Kier alpha value is -0.220. The standard InChI is InChI=1S/C8H15F2NO/c1-7(2,12)6(11)3-5-4-8(5,9)10/h5-6,12H,3-4,11H2,1-2H3. The minimum atomic E-state index is -2.52. The molecule has 2 atom stereocenters. The summed E-state index contributed by atoms with van der Waals surface area (Å²) in [6.07, 6.45) is 0.132. The van der Waals surface area contributed by atoms with Crippen molar-refractivity contribution in [3.8, 4) is 0 Å². The van der Waals surface area contributed by atoms with Gasteiger partial charge in [0.25, 0.3) is 5.92 Å². The van der Waals surface area contributed by atoms with Crippen LogP contribution < -0.4 is 5.73 Å². The summed E-state index contributed by atoms with van der Waals surface area (Å²) >= 11 is 0. The maximum atomic E-state index is 12.4. The SMILES string of the molecule is CC(C)(O)C(N)CC1CC1(F)F. The molecule has 2 nitrogen and oxygen atoms in total. The molecule has 0 bridgehead atoms. The van der Waals surface area contributed by atoms with Crippen molar-refractivity contribution in [1.29, 1.82) is 0 Å². The van der Waals surface area contributed by atoms with Gasteiger partial charge in [0.1, 0.15) is 0 Å². The molecule has 1 saturated carbocycles. The highest BCUT2D eigenvalue weighted by atomic mass is 19.3. The van der Waals surface area contributed by atoms with Crippen LogP contribution in [0.2, 0.25) is 0 Å². The van der Waals surface area contributed by atoms with E-state index in [1.165, 1.54) is 13.8 Å². The molecule has 0 aliphatic heterocycles. The molecule has 0 radical (unpaired) electrons. The number of alkyl halides is 2. The van der Waals surface area contributed by atoms with E-state index in [1.54, 1.807) is 0 Å². The Morgan fingerprint density at radius 2 is 2.08 bits per heavy atom. The van der Waals surface area contributed by atoms with Crippen LogP contribution >= 0.6 is 0 Å². The van der Waals surface area contributed by atoms with Crippen molar-refractivity contribution in [2.45, 2.75) is 44.3 Å². The molecular weight excluding hydrogens is 164 g/mol. The van der Waals surface area contributed by atoms with Gasteiger partial charge in [0.2, 0.25) is 0 Å². The molecule has 1 rings (SSSR count). The predicted octanol–water partition coefficient (Wildman–Crippen LogP) is 1.13. The van der Waals surface area contributed by atoms with Crippen LogP contribution in [0.4, 0.5) is 8.78 Å². The molecular formula is C8H15F2NO. The molecule has 12 heavy (non-hydrogen) atoms. The number of nitrogens with two attached hydrogens (primary N) is 1. The third kappa shape index (κ3) is 2.14. The van der Waals surface area contributed by atoms with E-state index in [2.05, 4.69) is 0 Å². The molecule has 0 amide bonds. The average molecular weight is 179 g/mol. The molecule has 1 aliphatic carbocycles. The maximum Gasteiger partial charge on any atom is 0.251 e. The van der Waals surface area contributed by atoms with E-state index in [9.17, 15) is 13.9 Å². The fourth-order valence-electron chi connectivity index (χ4n) is 1.12. The summed E-state index contributed by atoms with van der Waals surface area (Å²) in [5.74, 6) is -3.14. The minimum Gasteiger partial charge on any atom is -0.389 e. The first kappa shape index (κ1) is 9.86. The lowest BCUT2D eigenvalue weighted by Gasteiger charge is -2.25. The predicted molar refractivity (Wildman–Crippen MR) is 41.9 cm³/mol. The molecule has 0 saturated heterocycles. The van der Waals surface area contributed by atoms with Gasteiger partial charge in [-0.15, -0.1) is 0 Å². The fourth-order valence-corrected chi connectivity index (χ4v) is 1.12. The highest BCUT2D eigenvalue weighted by Gasteiger charge is 2.57. The largest absolute Gasteiger partial charge is 0.389 e. The molecule has 2 unspecified atom stereocenters. The lowest BCUT2D eigenvalue weighted by Crippen LogP contribution is -2.43. The van der Waals surface area contributed by atoms with E-state index >= 15 is 0 Å². The molecule has 0 spiro atoms. The molecule has 3 N–H and O–H groups in total. The van der Waals surface area contributed by atoms with Gasteiger partial charge in [-0.2, -0.15) is 0 Å². The number of rotatable bonds is 3. The Bertz CT molecular complexity index is 176. The van der Waals surface area contributed by atoms with Gasteiger partial charge < -0.3 is 10.8 Å². The van der Waals surface area contributed by atoms with Gasteiger partial charge in [-0.05, 0) is 20.3 Å². The van der Waals surface area contributed by atoms with Gasteiger partial charge in [-0.3, -0.25) is 0 Å². The Kier molecular flexibility index (Phi) is 2.17. The monoisotopic (exact) mass is 179 g/mol. The minimum absolute atomic E-state index is 0.0726. The summed E-state index contributed by atoms with van der Waals surface area (Å²) in [6, 6.07) is -0.559. The molecule has 0 aromatic rings. The van der Waals surface area contributed by atoms with Crippen molar-refractivity contribution >= 4 is 0 Å². The summed E-state index contributed by atoms with van der Waals surface area (Å²) in [5, 5.41) is 9.36. The third-order valence-electron chi connectivity index (χ3n) is 2.40. The van der Waals surface area contributed by atoms with E-state index in [1.807, 2.05) is 0 Å². The zero-order valence-corrected chi connectivity index (χ0v) is 7.35. The van der Waals surface area contributed by atoms with E-state index < -0.39 is 23.5 Å². The van der Waals surface area contributed by atoms with E-state index in [-0.39, 0.29) is 12.8 Å². The summed E-state index contributed by atoms with van der Waals surface area (Å²) in [5.41, 5.74) is 4.47. The van der Waals surface area contributed by atoms with Gasteiger partial charge in [0.15, 0.2) is 0 Å². The second-order valence-corrected chi connectivity index (χ2v) is 4.16. The number of halogens is 2. The average Bonchev–Trinajstić information content (AvgIpc) is 2.36. The Morgan fingerprint density at radius 1 is 1.67 bits per heavy atom. The molecule has 4 heteroatoms. The van der Waals surface area contributed by atoms with Crippen LogP contribution in [0, 0.1) is 5.92 Å². The molecule has 1 aliphatic rings. The molecule has 72 valence electrons.